The van der Waals surface area contributed by atoms with Gasteiger partial charge < -0.3 is 24.4 Å². The molecule has 0 unspecified atom stereocenters. The summed E-state index contributed by atoms with van der Waals surface area (Å²) < 4.78 is 17.1. The highest BCUT2D eigenvalue weighted by molar-refractivity contribution is 5.74. The highest BCUT2D eigenvalue weighted by Gasteiger charge is 2.43. The minimum atomic E-state index is -0.319. The molecule has 0 aliphatic carbocycles. The average Bonchev–Trinajstić information content (AvgIpc) is 3.02. The summed E-state index contributed by atoms with van der Waals surface area (Å²) in [6.07, 6.45) is 1.66. The Morgan fingerprint density at radius 3 is 3.12 bits per heavy atom. The molecule has 2 aliphatic rings. The Morgan fingerprint density at radius 2 is 2.36 bits per heavy atom. The minimum Gasteiger partial charge on any atom is -0.494 e. The maximum absolute atomic E-state index is 12.5. The van der Waals surface area contributed by atoms with E-state index in [9.17, 15) is 4.79 Å². The van der Waals surface area contributed by atoms with Crippen LogP contribution in [0.5, 0.6) is 5.75 Å². The van der Waals surface area contributed by atoms with E-state index in [0.29, 0.717) is 39.5 Å². The molecule has 1 aromatic carbocycles. The number of carbonyl (C=O) groups is 1. The third-order valence-corrected chi connectivity index (χ3v) is 4.66. The van der Waals surface area contributed by atoms with Gasteiger partial charge in [0, 0.05) is 26.1 Å². The number of nitrogens with one attached hydrogen (secondary N) is 1. The summed E-state index contributed by atoms with van der Waals surface area (Å²) in [4.78, 5) is 14.4. The Balaban J connectivity index is 1.49. The van der Waals surface area contributed by atoms with Gasteiger partial charge in [0.25, 0.3) is 0 Å². The van der Waals surface area contributed by atoms with Crippen molar-refractivity contribution in [3.63, 3.8) is 0 Å². The highest BCUT2D eigenvalue weighted by Crippen LogP contribution is 2.29. The predicted octanol–water partition coefficient (Wildman–Crippen LogP) is 2.22. The zero-order chi connectivity index (χ0) is 17.7. The smallest absolute Gasteiger partial charge is 0.317 e. The van der Waals surface area contributed by atoms with Gasteiger partial charge >= 0.3 is 6.03 Å². The molecule has 1 spiro atoms. The van der Waals surface area contributed by atoms with Crippen molar-refractivity contribution in [2.45, 2.75) is 38.4 Å². The number of hydrogen-bond acceptors (Lipinski definition) is 4. The molecule has 2 fully saturated rings. The second kappa shape index (κ2) is 8.06. The lowest BCUT2D eigenvalue weighted by molar-refractivity contribution is -0.137. The summed E-state index contributed by atoms with van der Waals surface area (Å²) >= 11 is 0. The van der Waals surface area contributed by atoms with Crippen LogP contribution in [-0.2, 0) is 15.9 Å². The van der Waals surface area contributed by atoms with Gasteiger partial charge in [0.15, 0.2) is 0 Å². The molecule has 6 heteroatoms. The van der Waals surface area contributed by atoms with E-state index in [1.165, 1.54) is 0 Å². The number of urea groups is 1. The van der Waals surface area contributed by atoms with Crippen molar-refractivity contribution >= 4 is 6.03 Å². The summed E-state index contributed by atoms with van der Waals surface area (Å²) in [6, 6.07) is 7.98. The fraction of sp³-hybridized carbons (Fsp3) is 0.632. The van der Waals surface area contributed by atoms with Crippen LogP contribution in [0.1, 0.15) is 25.8 Å². The van der Waals surface area contributed by atoms with Crippen LogP contribution in [0.15, 0.2) is 24.3 Å². The van der Waals surface area contributed by atoms with Gasteiger partial charge in [-0.15, -0.1) is 0 Å². The lowest BCUT2D eigenvalue weighted by Gasteiger charge is -2.42. The van der Waals surface area contributed by atoms with Crippen LogP contribution in [-0.4, -0.2) is 62.1 Å². The lowest BCUT2D eigenvalue weighted by atomic mass is 9.99. The first-order chi connectivity index (χ1) is 12.1. The third kappa shape index (κ3) is 4.64. The maximum Gasteiger partial charge on any atom is 0.317 e. The molecule has 1 N–H and O–H groups in total. The second-order valence-corrected chi connectivity index (χ2v) is 6.86. The molecule has 0 aromatic heterocycles. The van der Waals surface area contributed by atoms with Crippen LogP contribution in [0.2, 0.25) is 0 Å². The van der Waals surface area contributed by atoms with Crippen LogP contribution < -0.4 is 10.1 Å². The summed E-state index contributed by atoms with van der Waals surface area (Å²) in [5.74, 6) is 0.872. The first kappa shape index (κ1) is 18.0. The Morgan fingerprint density at radius 1 is 1.48 bits per heavy atom. The number of nitrogens with zero attached hydrogens (tertiary/aromatic N) is 1. The summed E-state index contributed by atoms with van der Waals surface area (Å²) in [6.45, 7) is 7.74. The molecular weight excluding hydrogens is 320 g/mol. The quantitative estimate of drug-likeness (QED) is 0.886. The van der Waals surface area contributed by atoms with Gasteiger partial charge in [-0.1, -0.05) is 12.1 Å². The molecule has 1 aromatic rings. The molecule has 2 heterocycles. The maximum atomic E-state index is 12.5. The largest absolute Gasteiger partial charge is 0.494 e. The van der Waals surface area contributed by atoms with Crippen LogP contribution in [0, 0.1) is 0 Å². The number of rotatable bonds is 5. The molecule has 0 radical (unpaired) electrons. The number of amides is 2. The van der Waals surface area contributed by atoms with Gasteiger partial charge in [0.05, 0.1) is 25.9 Å². The Kier molecular flexibility index (Phi) is 5.81. The van der Waals surface area contributed by atoms with Gasteiger partial charge in [-0.3, -0.25) is 0 Å². The number of hydrogen-bond donors (Lipinski definition) is 1. The standard InChI is InChI=1S/C19H28N2O4/c1-3-24-17-6-4-5-16(11-17)7-9-20-18(22)21-12-15(2)25-19(13-21)8-10-23-14-19/h4-6,11,15H,3,7-10,12-14H2,1-2H3,(H,20,22)/t15-,19-/m0/s1. The molecule has 25 heavy (non-hydrogen) atoms. The van der Waals surface area contributed by atoms with E-state index in [0.717, 1.165) is 24.2 Å². The van der Waals surface area contributed by atoms with Crippen molar-refractivity contribution in [3.05, 3.63) is 29.8 Å². The molecule has 2 aliphatic heterocycles. The van der Waals surface area contributed by atoms with Crippen LogP contribution in [0.25, 0.3) is 0 Å². The molecule has 3 rings (SSSR count). The molecule has 2 atom stereocenters. The topological polar surface area (TPSA) is 60.0 Å². The lowest BCUT2D eigenvalue weighted by Crippen LogP contribution is -2.59. The summed E-state index contributed by atoms with van der Waals surface area (Å²) in [7, 11) is 0. The van der Waals surface area contributed by atoms with Crippen molar-refractivity contribution in [2.75, 3.05) is 39.5 Å². The van der Waals surface area contributed by atoms with Gasteiger partial charge in [0.1, 0.15) is 11.4 Å². The molecular formula is C19H28N2O4. The normalized spacial score (nSPS) is 26.0. The van der Waals surface area contributed by atoms with Crippen molar-refractivity contribution in [1.82, 2.24) is 10.2 Å². The monoisotopic (exact) mass is 348 g/mol. The fourth-order valence-electron chi connectivity index (χ4n) is 3.57. The van der Waals surface area contributed by atoms with Gasteiger partial charge in [0.2, 0.25) is 0 Å². The van der Waals surface area contributed by atoms with Crippen LogP contribution >= 0.6 is 0 Å². The van der Waals surface area contributed by atoms with Crippen LogP contribution in [0.4, 0.5) is 4.79 Å². The van der Waals surface area contributed by atoms with Crippen molar-refractivity contribution < 1.29 is 19.0 Å². The summed E-state index contributed by atoms with van der Waals surface area (Å²) in [5, 5.41) is 3.03. The van der Waals surface area contributed by atoms with Crippen molar-refractivity contribution in [1.29, 1.82) is 0 Å². The Hall–Kier alpha value is -1.79. The van der Waals surface area contributed by atoms with Crippen molar-refractivity contribution in [3.8, 4) is 5.75 Å². The molecule has 2 amide bonds. The van der Waals surface area contributed by atoms with E-state index in [4.69, 9.17) is 14.2 Å². The molecule has 138 valence electrons. The van der Waals surface area contributed by atoms with Gasteiger partial charge in [-0.25, -0.2) is 4.79 Å². The zero-order valence-corrected chi connectivity index (χ0v) is 15.1. The van der Waals surface area contributed by atoms with E-state index in [2.05, 4.69) is 11.4 Å². The highest BCUT2D eigenvalue weighted by atomic mass is 16.6. The SMILES string of the molecule is CCOc1cccc(CCNC(=O)N2C[C@H](C)O[C@@]3(CCOC3)C2)c1. The van der Waals surface area contributed by atoms with E-state index in [1.54, 1.807) is 0 Å². The molecule has 2 saturated heterocycles. The Labute approximate surface area is 149 Å². The molecule has 0 bridgehead atoms. The summed E-state index contributed by atoms with van der Waals surface area (Å²) in [5.41, 5.74) is 0.836. The first-order valence-electron chi connectivity index (χ1n) is 9.10. The molecule has 0 saturated carbocycles. The van der Waals surface area contributed by atoms with E-state index < -0.39 is 0 Å². The predicted molar refractivity (Wildman–Crippen MR) is 95.0 cm³/mol. The number of ether oxygens (including phenoxy) is 3. The van der Waals surface area contributed by atoms with Crippen LogP contribution in [0.3, 0.4) is 0 Å². The van der Waals surface area contributed by atoms with E-state index in [1.807, 2.05) is 36.9 Å². The minimum absolute atomic E-state index is 0.0256. The average molecular weight is 348 g/mol. The third-order valence-electron chi connectivity index (χ3n) is 4.66. The Bertz CT molecular complexity index is 587. The van der Waals surface area contributed by atoms with E-state index >= 15 is 0 Å². The van der Waals surface area contributed by atoms with E-state index in [-0.39, 0.29) is 17.7 Å². The molecule has 6 nitrogen and oxygen atoms in total. The number of morpholine rings is 1. The first-order valence-corrected chi connectivity index (χ1v) is 9.10. The number of carbonyl (C=O) groups excluding carboxylic acids is 1. The fourth-order valence-corrected chi connectivity index (χ4v) is 3.57. The second-order valence-electron chi connectivity index (χ2n) is 6.86. The van der Waals surface area contributed by atoms with Gasteiger partial charge in [-0.05, 0) is 38.0 Å². The van der Waals surface area contributed by atoms with Crippen molar-refractivity contribution in [2.24, 2.45) is 0 Å². The zero-order valence-electron chi connectivity index (χ0n) is 15.1. The number of benzene rings is 1. The van der Waals surface area contributed by atoms with Gasteiger partial charge in [-0.2, -0.15) is 0 Å².